The fraction of sp³-hybridized carbons (Fsp3) is 0.316. The van der Waals surface area contributed by atoms with Gasteiger partial charge in [-0.15, -0.1) is 0 Å². The fourth-order valence-corrected chi connectivity index (χ4v) is 4.70. The SMILES string of the molecule is O=C(Nc1ccc2c(c1)OCCO2)c1ccc(S(=O)(=O)N2CCCC2)cc1. The lowest BCUT2D eigenvalue weighted by Crippen LogP contribution is -2.27. The predicted octanol–water partition coefficient (Wildman–Crippen LogP) is 2.49. The number of ether oxygens (including phenoxy) is 2. The summed E-state index contributed by atoms with van der Waals surface area (Å²) in [4.78, 5) is 12.7. The van der Waals surface area contributed by atoms with E-state index in [-0.39, 0.29) is 10.8 Å². The van der Waals surface area contributed by atoms with Crippen LogP contribution in [0.2, 0.25) is 0 Å². The van der Waals surface area contributed by atoms with Gasteiger partial charge in [0.1, 0.15) is 13.2 Å². The monoisotopic (exact) mass is 388 g/mol. The first kappa shape index (κ1) is 17.8. The molecule has 0 aromatic heterocycles. The van der Waals surface area contributed by atoms with Crippen LogP contribution in [0.15, 0.2) is 47.4 Å². The van der Waals surface area contributed by atoms with E-state index in [0.29, 0.717) is 49.1 Å². The second-order valence-electron chi connectivity index (χ2n) is 6.45. The zero-order chi connectivity index (χ0) is 18.9. The molecule has 0 atom stereocenters. The summed E-state index contributed by atoms with van der Waals surface area (Å²) in [5, 5.41) is 2.79. The van der Waals surface area contributed by atoms with Crippen LogP contribution in [0.1, 0.15) is 23.2 Å². The van der Waals surface area contributed by atoms with E-state index in [1.54, 1.807) is 18.2 Å². The van der Waals surface area contributed by atoms with Crippen molar-refractivity contribution in [2.45, 2.75) is 17.7 Å². The molecule has 2 aliphatic heterocycles. The first-order valence-electron chi connectivity index (χ1n) is 8.85. The summed E-state index contributed by atoms with van der Waals surface area (Å²) < 4.78 is 37.5. The Morgan fingerprint density at radius 2 is 1.59 bits per heavy atom. The number of nitrogens with one attached hydrogen (secondary N) is 1. The van der Waals surface area contributed by atoms with Gasteiger partial charge < -0.3 is 14.8 Å². The molecule has 27 heavy (non-hydrogen) atoms. The van der Waals surface area contributed by atoms with Gasteiger partial charge >= 0.3 is 0 Å². The molecule has 0 radical (unpaired) electrons. The molecule has 1 fully saturated rings. The molecule has 2 aliphatic rings. The fourth-order valence-electron chi connectivity index (χ4n) is 3.18. The van der Waals surface area contributed by atoms with Crippen molar-refractivity contribution in [2.24, 2.45) is 0 Å². The third kappa shape index (κ3) is 3.63. The lowest BCUT2D eigenvalue weighted by atomic mass is 10.2. The summed E-state index contributed by atoms with van der Waals surface area (Å²) in [7, 11) is -3.48. The number of amides is 1. The Labute approximate surface area is 157 Å². The second-order valence-corrected chi connectivity index (χ2v) is 8.39. The van der Waals surface area contributed by atoms with Crippen LogP contribution in [0, 0.1) is 0 Å². The number of benzene rings is 2. The van der Waals surface area contributed by atoms with E-state index in [0.717, 1.165) is 12.8 Å². The Bertz CT molecular complexity index is 951. The van der Waals surface area contributed by atoms with Crippen LogP contribution in [-0.2, 0) is 10.0 Å². The van der Waals surface area contributed by atoms with Crippen LogP contribution in [0.5, 0.6) is 11.5 Å². The Morgan fingerprint density at radius 3 is 2.30 bits per heavy atom. The van der Waals surface area contributed by atoms with Crippen molar-refractivity contribution in [2.75, 3.05) is 31.6 Å². The van der Waals surface area contributed by atoms with E-state index in [2.05, 4.69) is 5.32 Å². The quantitative estimate of drug-likeness (QED) is 0.870. The van der Waals surface area contributed by atoms with Crippen molar-refractivity contribution < 1.29 is 22.7 Å². The number of hydrogen-bond acceptors (Lipinski definition) is 5. The van der Waals surface area contributed by atoms with Gasteiger partial charge in [0, 0.05) is 30.4 Å². The number of anilines is 1. The molecule has 2 heterocycles. The van der Waals surface area contributed by atoms with Crippen LogP contribution in [0.3, 0.4) is 0 Å². The van der Waals surface area contributed by atoms with Crippen molar-refractivity contribution in [3.8, 4) is 11.5 Å². The van der Waals surface area contributed by atoms with Gasteiger partial charge in [-0.1, -0.05) is 0 Å². The average Bonchev–Trinajstić information content (AvgIpc) is 3.24. The molecule has 8 heteroatoms. The molecule has 0 bridgehead atoms. The molecule has 0 spiro atoms. The van der Waals surface area contributed by atoms with Crippen molar-refractivity contribution in [1.82, 2.24) is 4.31 Å². The normalized spacial score (nSPS) is 16.9. The minimum Gasteiger partial charge on any atom is -0.486 e. The molecule has 1 N–H and O–H groups in total. The Balaban J connectivity index is 1.48. The van der Waals surface area contributed by atoms with Crippen LogP contribution < -0.4 is 14.8 Å². The Hall–Kier alpha value is -2.58. The molecular weight excluding hydrogens is 368 g/mol. The first-order chi connectivity index (χ1) is 13.0. The lowest BCUT2D eigenvalue weighted by Gasteiger charge is -2.19. The van der Waals surface area contributed by atoms with Crippen molar-refractivity contribution in [1.29, 1.82) is 0 Å². The average molecular weight is 388 g/mol. The van der Waals surface area contributed by atoms with E-state index in [9.17, 15) is 13.2 Å². The third-order valence-corrected chi connectivity index (χ3v) is 6.53. The molecule has 142 valence electrons. The van der Waals surface area contributed by atoms with Gasteiger partial charge in [0.15, 0.2) is 11.5 Å². The molecule has 0 saturated carbocycles. The number of carbonyl (C=O) groups excluding carboxylic acids is 1. The number of hydrogen-bond donors (Lipinski definition) is 1. The van der Waals surface area contributed by atoms with Crippen LogP contribution in [0.4, 0.5) is 5.69 Å². The van der Waals surface area contributed by atoms with Crippen LogP contribution in [0.25, 0.3) is 0 Å². The van der Waals surface area contributed by atoms with E-state index in [4.69, 9.17) is 9.47 Å². The van der Waals surface area contributed by atoms with Crippen molar-refractivity contribution >= 4 is 21.6 Å². The number of sulfonamides is 1. The molecule has 0 aliphatic carbocycles. The van der Waals surface area contributed by atoms with E-state index < -0.39 is 10.0 Å². The topological polar surface area (TPSA) is 84.9 Å². The van der Waals surface area contributed by atoms with Gasteiger partial charge in [0.25, 0.3) is 5.91 Å². The highest BCUT2D eigenvalue weighted by Crippen LogP contribution is 2.32. The Morgan fingerprint density at radius 1 is 0.926 bits per heavy atom. The van der Waals surface area contributed by atoms with Gasteiger partial charge in [-0.05, 0) is 49.2 Å². The Kier molecular flexibility index (Phi) is 4.75. The lowest BCUT2D eigenvalue weighted by molar-refractivity contribution is 0.102. The zero-order valence-electron chi connectivity index (χ0n) is 14.7. The third-order valence-electron chi connectivity index (χ3n) is 4.62. The van der Waals surface area contributed by atoms with Crippen molar-refractivity contribution in [3.63, 3.8) is 0 Å². The molecule has 2 aromatic carbocycles. The molecule has 0 unspecified atom stereocenters. The number of nitrogens with zero attached hydrogens (tertiary/aromatic N) is 1. The smallest absolute Gasteiger partial charge is 0.255 e. The van der Waals surface area contributed by atoms with Gasteiger partial charge in [0.2, 0.25) is 10.0 Å². The van der Waals surface area contributed by atoms with Gasteiger partial charge in [-0.2, -0.15) is 4.31 Å². The number of carbonyl (C=O) groups is 1. The number of rotatable bonds is 4. The second kappa shape index (κ2) is 7.21. The maximum atomic E-state index is 12.5. The molecule has 4 rings (SSSR count). The predicted molar refractivity (Wildman–Crippen MR) is 99.8 cm³/mol. The highest BCUT2D eigenvalue weighted by atomic mass is 32.2. The van der Waals surface area contributed by atoms with Crippen LogP contribution >= 0.6 is 0 Å². The summed E-state index contributed by atoms with van der Waals surface area (Å²) in [6.07, 6.45) is 1.77. The zero-order valence-corrected chi connectivity index (χ0v) is 15.5. The minimum atomic E-state index is -3.48. The van der Waals surface area contributed by atoms with Crippen LogP contribution in [-0.4, -0.2) is 44.9 Å². The molecule has 1 amide bonds. The van der Waals surface area contributed by atoms with E-state index in [1.807, 2.05) is 0 Å². The molecular formula is C19H20N2O5S. The molecule has 1 saturated heterocycles. The summed E-state index contributed by atoms with van der Waals surface area (Å²) >= 11 is 0. The van der Waals surface area contributed by atoms with E-state index >= 15 is 0 Å². The van der Waals surface area contributed by atoms with Gasteiger partial charge in [-0.25, -0.2) is 8.42 Å². The molecule has 2 aromatic rings. The van der Waals surface area contributed by atoms with Gasteiger partial charge in [-0.3, -0.25) is 4.79 Å². The first-order valence-corrected chi connectivity index (χ1v) is 10.3. The summed E-state index contributed by atoms with van der Waals surface area (Å²) in [6, 6.07) is 11.2. The van der Waals surface area contributed by atoms with Crippen molar-refractivity contribution in [3.05, 3.63) is 48.0 Å². The minimum absolute atomic E-state index is 0.209. The largest absolute Gasteiger partial charge is 0.486 e. The number of fused-ring (bicyclic) bond motifs is 1. The molecule has 7 nitrogen and oxygen atoms in total. The van der Waals surface area contributed by atoms with E-state index in [1.165, 1.54) is 28.6 Å². The van der Waals surface area contributed by atoms with Gasteiger partial charge in [0.05, 0.1) is 4.90 Å². The maximum absolute atomic E-state index is 12.5. The highest BCUT2D eigenvalue weighted by molar-refractivity contribution is 7.89. The highest BCUT2D eigenvalue weighted by Gasteiger charge is 2.27. The summed E-state index contributed by atoms with van der Waals surface area (Å²) in [5.74, 6) is 0.915. The summed E-state index contributed by atoms with van der Waals surface area (Å²) in [5.41, 5.74) is 0.961. The summed E-state index contributed by atoms with van der Waals surface area (Å²) in [6.45, 7) is 2.08. The standard InChI is InChI=1S/C19H20N2O5S/c22-19(20-15-5-8-17-18(13-15)26-12-11-25-17)14-3-6-16(7-4-14)27(23,24)21-9-1-2-10-21/h3-8,13H,1-2,9-12H2,(H,20,22). The maximum Gasteiger partial charge on any atom is 0.255 e.